The molecule has 3 atom stereocenters. The lowest BCUT2D eigenvalue weighted by Crippen LogP contribution is -2.58. The first kappa shape index (κ1) is 22.4. The summed E-state index contributed by atoms with van der Waals surface area (Å²) >= 11 is 0. The zero-order valence-corrected chi connectivity index (χ0v) is 18.4. The second-order valence-electron chi connectivity index (χ2n) is 9.01. The number of primary amides is 1. The van der Waals surface area contributed by atoms with Gasteiger partial charge in [-0.05, 0) is 48.6 Å². The van der Waals surface area contributed by atoms with Crippen molar-refractivity contribution in [3.8, 4) is 17.6 Å². The Labute approximate surface area is 200 Å². The summed E-state index contributed by atoms with van der Waals surface area (Å²) in [4.78, 5) is 37.6. The average molecular weight is 471 g/mol. The number of carbonyl (C=O) groups is 3. The van der Waals surface area contributed by atoms with Crippen molar-refractivity contribution in [3.63, 3.8) is 0 Å². The monoisotopic (exact) mass is 471 g/mol. The molecule has 3 aliphatic rings. The topological polar surface area (TPSA) is 158 Å². The van der Waals surface area contributed by atoms with Gasteiger partial charge in [0.15, 0.2) is 11.4 Å². The summed E-state index contributed by atoms with van der Waals surface area (Å²) in [7, 11) is 0. The summed E-state index contributed by atoms with van der Waals surface area (Å²) in [6.45, 7) is 0. The molecule has 2 aromatic rings. The maximum atomic E-state index is 13.5. The molecule has 8 heteroatoms. The predicted molar refractivity (Wildman–Crippen MR) is 124 cm³/mol. The largest absolute Gasteiger partial charge is 0.508 e. The molecule has 0 bridgehead atoms. The Morgan fingerprint density at radius 1 is 1.00 bits per heavy atom. The highest BCUT2D eigenvalue weighted by molar-refractivity contribution is 6.22. The molecule has 35 heavy (non-hydrogen) atoms. The number of hydrogen-bond acceptors (Lipinski definition) is 7. The Morgan fingerprint density at radius 2 is 1.71 bits per heavy atom. The van der Waals surface area contributed by atoms with Crippen LogP contribution in [0.4, 0.5) is 0 Å². The molecule has 1 amide bonds. The fourth-order valence-corrected chi connectivity index (χ4v) is 5.40. The van der Waals surface area contributed by atoms with Gasteiger partial charge >= 0.3 is 0 Å². The van der Waals surface area contributed by atoms with Crippen molar-refractivity contribution in [2.75, 3.05) is 0 Å². The summed E-state index contributed by atoms with van der Waals surface area (Å²) in [6, 6.07) is 12.2. The Hall–Kier alpha value is -4.35. The smallest absolute Gasteiger partial charge is 0.255 e. The highest BCUT2D eigenvalue weighted by Gasteiger charge is 2.60. The Balaban J connectivity index is 1.66. The molecular formula is C27H21NO7. The van der Waals surface area contributed by atoms with E-state index in [0.717, 1.165) is 5.56 Å². The summed E-state index contributed by atoms with van der Waals surface area (Å²) in [5.74, 6) is -0.427. The van der Waals surface area contributed by atoms with Gasteiger partial charge in [-0.15, -0.1) is 0 Å². The minimum atomic E-state index is -2.57. The number of benzene rings is 2. The number of aromatic hydroxyl groups is 1. The van der Waals surface area contributed by atoms with E-state index >= 15 is 0 Å². The van der Waals surface area contributed by atoms with Crippen LogP contribution in [0.25, 0.3) is 5.76 Å². The summed E-state index contributed by atoms with van der Waals surface area (Å²) < 4.78 is 0. The molecule has 0 spiro atoms. The van der Waals surface area contributed by atoms with Crippen LogP contribution in [-0.4, -0.2) is 43.5 Å². The summed E-state index contributed by atoms with van der Waals surface area (Å²) in [5, 5.41) is 43.5. The van der Waals surface area contributed by atoms with Crippen molar-refractivity contribution in [2.45, 2.75) is 24.9 Å². The van der Waals surface area contributed by atoms with Gasteiger partial charge in [-0.1, -0.05) is 30.0 Å². The quantitative estimate of drug-likeness (QED) is 0.313. The Morgan fingerprint density at radius 3 is 2.40 bits per heavy atom. The number of nitrogens with two attached hydrogens (primary N) is 1. The van der Waals surface area contributed by atoms with Crippen molar-refractivity contribution < 1.29 is 34.8 Å². The van der Waals surface area contributed by atoms with E-state index in [1.54, 1.807) is 6.07 Å². The Bertz CT molecular complexity index is 1440. The third-order valence-corrected chi connectivity index (χ3v) is 7.06. The van der Waals surface area contributed by atoms with Crippen LogP contribution in [0.5, 0.6) is 5.75 Å². The van der Waals surface area contributed by atoms with Gasteiger partial charge in [0.2, 0.25) is 5.78 Å². The first-order valence-electron chi connectivity index (χ1n) is 11.0. The van der Waals surface area contributed by atoms with Gasteiger partial charge in [-0.3, -0.25) is 14.4 Å². The highest BCUT2D eigenvalue weighted by Crippen LogP contribution is 2.52. The molecular weight excluding hydrogens is 450 g/mol. The van der Waals surface area contributed by atoms with Crippen LogP contribution >= 0.6 is 0 Å². The maximum absolute atomic E-state index is 13.5. The maximum Gasteiger partial charge on any atom is 0.255 e. The van der Waals surface area contributed by atoms with E-state index in [1.807, 2.05) is 30.3 Å². The molecule has 0 aliphatic heterocycles. The normalized spacial score (nSPS) is 25.3. The number of aliphatic hydroxyl groups excluding tert-OH is 2. The van der Waals surface area contributed by atoms with Gasteiger partial charge in [0.25, 0.3) is 5.91 Å². The first-order chi connectivity index (χ1) is 16.6. The number of phenolic OH excluding ortho intramolecular Hbond substituents is 1. The van der Waals surface area contributed by atoms with Gasteiger partial charge in [0, 0.05) is 29.0 Å². The van der Waals surface area contributed by atoms with Gasteiger partial charge in [0.05, 0.1) is 5.56 Å². The van der Waals surface area contributed by atoms with E-state index in [9.17, 15) is 34.8 Å². The third-order valence-electron chi connectivity index (χ3n) is 7.06. The van der Waals surface area contributed by atoms with E-state index < -0.39 is 52.0 Å². The molecule has 1 saturated carbocycles. The summed E-state index contributed by atoms with van der Waals surface area (Å²) in [6.07, 6.45) is -0.0750. The number of aliphatic hydroxyl groups is 3. The zero-order valence-electron chi connectivity index (χ0n) is 18.4. The van der Waals surface area contributed by atoms with Crippen LogP contribution in [0.1, 0.15) is 35.1 Å². The molecule has 8 nitrogen and oxygen atoms in total. The molecule has 176 valence electrons. The van der Waals surface area contributed by atoms with Crippen molar-refractivity contribution in [2.24, 2.45) is 17.6 Å². The van der Waals surface area contributed by atoms with Crippen LogP contribution < -0.4 is 5.73 Å². The molecule has 0 aromatic heterocycles. The van der Waals surface area contributed by atoms with Gasteiger partial charge in [0.1, 0.15) is 22.8 Å². The lowest BCUT2D eigenvalue weighted by atomic mass is 9.59. The van der Waals surface area contributed by atoms with Crippen LogP contribution in [0.2, 0.25) is 0 Å². The van der Waals surface area contributed by atoms with Gasteiger partial charge in [-0.25, -0.2) is 0 Å². The lowest BCUT2D eigenvalue weighted by molar-refractivity contribution is -0.147. The first-order valence-corrected chi connectivity index (χ1v) is 11.0. The number of phenols is 1. The lowest BCUT2D eigenvalue weighted by Gasteiger charge is -2.46. The fraction of sp³-hybridized carbons (Fsp3) is 0.222. The van der Waals surface area contributed by atoms with Crippen molar-refractivity contribution in [1.82, 2.24) is 0 Å². The number of fused-ring (bicyclic) bond motifs is 3. The van der Waals surface area contributed by atoms with Crippen LogP contribution in [0.3, 0.4) is 0 Å². The van der Waals surface area contributed by atoms with E-state index in [4.69, 9.17) is 5.73 Å². The molecule has 3 unspecified atom stereocenters. The Kier molecular flexibility index (Phi) is 5.04. The minimum absolute atomic E-state index is 0.0250. The molecule has 0 heterocycles. The van der Waals surface area contributed by atoms with Crippen molar-refractivity contribution in [1.29, 1.82) is 0 Å². The third kappa shape index (κ3) is 3.24. The van der Waals surface area contributed by atoms with Crippen molar-refractivity contribution in [3.05, 3.63) is 81.6 Å². The van der Waals surface area contributed by atoms with Gasteiger partial charge in [-0.2, -0.15) is 0 Å². The number of carbonyl (C=O) groups excluding carboxylic acids is 3. The molecule has 5 rings (SSSR count). The summed E-state index contributed by atoms with van der Waals surface area (Å²) in [5.41, 5.74) is 3.53. The van der Waals surface area contributed by atoms with E-state index in [2.05, 4.69) is 11.8 Å². The van der Waals surface area contributed by atoms with Crippen LogP contribution in [0, 0.1) is 23.7 Å². The van der Waals surface area contributed by atoms with Crippen molar-refractivity contribution >= 4 is 23.2 Å². The zero-order chi connectivity index (χ0) is 25.1. The number of ketones is 2. The average Bonchev–Trinajstić information content (AvgIpc) is 2.81. The van der Waals surface area contributed by atoms with E-state index in [0.29, 0.717) is 11.1 Å². The predicted octanol–water partition coefficient (Wildman–Crippen LogP) is 1.82. The molecule has 0 saturated heterocycles. The van der Waals surface area contributed by atoms with E-state index in [1.165, 1.54) is 6.07 Å². The molecule has 2 aromatic carbocycles. The van der Waals surface area contributed by atoms with E-state index in [-0.39, 0.29) is 36.1 Å². The molecule has 1 fully saturated rings. The van der Waals surface area contributed by atoms with Gasteiger partial charge < -0.3 is 26.2 Å². The fourth-order valence-electron chi connectivity index (χ4n) is 5.40. The second kappa shape index (κ2) is 7.86. The second-order valence-corrected chi connectivity index (χ2v) is 9.01. The number of hydrogen-bond donors (Lipinski definition) is 5. The molecule has 3 aliphatic carbocycles. The standard InChI is InChI=1S/C27H21NO7/c28-26(34)22-19(30)12-16-10-15-11-17-14(7-6-13-4-2-1-3-5-13)8-9-18(29)21(17)23(31)20(15)24(32)27(16,35)25(22)33/h1-5,8-9,15-16,29,31,33,35H,10-12H2,(H2,28,34). The molecule has 6 N–H and O–H groups in total. The minimum Gasteiger partial charge on any atom is -0.508 e. The van der Waals surface area contributed by atoms with Crippen LogP contribution in [-0.2, 0) is 20.8 Å². The van der Waals surface area contributed by atoms with Crippen LogP contribution in [0.15, 0.2) is 59.4 Å². The number of amides is 1. The molecule has 0 radical (unpaired) electrons. The number of rotatable bonds is 1. The highest BCUT2D eigenvalue weighted by atomic mass is 16.3. The number of Topliss-reactive ketones (excluding diaryl/α,β-unsaturated/α-hetero) is 2. The SMILES string of the molecule is NC(=O)C1=C(O)C2(O)C(=O)C3=C(O)c4c(O)ccc(C#Cc5ccccc5)c4CC3CC2CC1=O.